The number of fused-ring (bicyclic) bond motifs is 1. The van der Waals surface area contributed by atoms with Gasteiger partial charge in [0.1, 0.15) is 17.0 Å². The molecule has 2 fully saturated rings. The van der Waals surface area contributed by atoms with Gasteiger partial charge in [0.15, 0.2) is 0 Å². The van der Waals surface area contributed by atoms with Crippen LogP contribution in [-0.4, -0.2) is 51.4 Å². The van der Waals surface area contributed by atoms with Gasteiger partial charge in [-0.15, -0.1) is 11.3 Å². The zero-order chi connectivity index (χ0) is 24.9. The van der Waals surface area contributed by atoms with E-state index in [9.17, 15) is 18.0 Å². The summed E-state index contributed by atoms with van der Waals surface area (Å²) in [4.78, 5) is 24.4. The van der Waals surface area contributed by atoms with Crippen molar-refractivity contribution in [1.29, 1.82) is 0 Å². The topological polar surface area (TPSA) is 86.8 Å². The van der Waals surface area contributed by atoms with E-state index >= 15 is 0 Å². The molecule has 1 atom stereocenters. The SMILES string of the molecule is O=C(NC1CCC2(C1)CN(c1ncnc3sc(CC(F)(F)F)cc13)C2)c1cccc(-c2ccn[nH]2)c1. The number of benzene rings is 1. The number of aromatic nitrogens is 4. The minimum Gasteiger partial charge on any atom is -0.355 e. The molecule has 2 aliphatic rings. The molecule has 4 aromatic rings. The molecule has 1 unspecified atom stereocenters. The summed E-state index contributed by atoms with van der Waals surface area (Å²) in [5, 5.41) is 10.7. The maximum Gasteiger partial charge on any atom is 0.393 e. The lowest BCUT2D eigenvalue weighted by Gasteiger charge is -2.49. The van der Waals surface area contributed by atoms with Crippen molar-refractivity contribution in [1.82, 2.24) is 25.5 Å². The molecular weight excluding hydrogens is 489 g/mol. The first-order valence-electron chi connectivity index (χ1n) is 11.7. The average Bonchev–Trinajstić information content (AvgIpc) is 3.56. The number of thiophene rings is 1. The number of carbonyl (C=O) groups excluding carboxylic acids is 1. The zero-order valence-electron chi connectivity index (χ0n) is 19.2. The van der Waals surface area contributed by atoms with Crippen LogP contribution in [0.3, 0.4) is 0 Å². The van der Waals surface area contributed by atoms with E-state index in [0.29, 0.717) is 21.6 Å². The summed E-state index contributed by atoms with van der Waals surface area (Å²) >= 11 is 1.07. The van der Waals surface area contributed by atoms with Gasteiger partial charge in [0.05, 0.1) is 17.5 Å². The lowest BCUT2D eigenvalue weighted by molar-refractivity contribution is -0.126. The van der Waals surface area contributed by atoms with Gasteiger partial charge in [0.2, 0.25) is 0 Å². The first kappa shape index (κ1) is 23.0. The highest BCUT2D eigenvalue weighted by Gasteiger charge is 2.49. The zero-order valence-corrected chi connectivity index (χ0v) is 20.0. The Hall–Kier alpha value is -3.47. The molecule has 1 spiro atoms. The van der Waals surface area contributed by atoms with Crippen LogP contribution >= 0.6 is 11.3 Å². The van der Waals surface area contributed by atoms with Crippen LogP contribution in [-0.2, 0) is 6.42 Å². The van der Waals surface area contributed by atoms with E-state index in [-0.39, 0.29) is 22.2 Å². The molecule has 0 radical (unpaired) electrons. The predicted octanol–water partition coefficient (Wildman–Crippen LogP) is 4.98. The van der Waals surface area contributed by atoms with Crippen LogP contribution in [0, 0.1) is 5.41 Å². The minimum atomic E-state index is -4.25. The van der Waals surface area contributed by atoms with Crippen LogP contribution in [0.25, 0.3) is 21.5 Å². The molecule has 4 heterocycles. The Bertz CT molecular complexity index is 1410. The number of anilines is 1. The second-order valence-electron chi connectivity index (χ2n) is 9.74. The Morgan fingerprint density at radius 3 is 2.86 bits per heavy atom. The van der Waals surface area contributed by atoms with Crippen molar-refractivity contribution in [2.45, 2.75) is 37.9 Å². The number of halogens is 3. The van der Waals surface area contributed by atoms with Gasteiger partial charge in [-0.25, -0.2) is 9.97 Å². The molecule has 2 N–H and O–H groups in total. The predicted molar refractivity (Wildman–Crippen MR) is 131 cm³/mol. The first-order chi connectivity index (χ1) is 17.3. The third-order valence-electron chi connectivity index (χ3n) is 7.06. The Kier molecular flexibility index (Phi) is 5.47. The van der Waals surface area contributed by atoms with Crippen LogP contribution in [0.4, 0.5) is 19.0 Å². The lowest BCUT2D eigenvalue weighted by atomic mass is 9.78. The van der Waals surface area contributed by atoms with Crippen molar-refractivity contribution in [3.05, 3.63) is 59.4 Å². The number of alkyl halides is 3. The van der Waals surface area contributed by atoms with Gasteiger partial charge < -0.3 is 10.2 Å². The monoisotopic (exact) mass is 512 g/mol. The Labute approximate surface area is 208 Å². The van der Waals surface area contributed by atoms with Gasteiger partial charge in [0, 0.05) is 46.7 Å². The van der Waals surface area contributed by atoms with E-state index in [1.165, 1.54) is 6.33 Å². The van der Waals surface area contributed by atoms with Gasteiger partial charge in [-0.2, -0.15) is 18.3 Å². The summed E-state index contributed by atoms with van der Waals surface area (Å²) in [5.74, 6) is 0.598. The fraction of sp³-hybridized carbons (Fsp3) is 0.360. The second kappa shape index (κ2) is 8.58. The minimum absolute atomic E-state index is 0.0812. The van der Waals surface area contributed by atoms with Gasteiger partial charge in [-0.1, -0.05) is 12.1 Å². The summed E-state index contributed by atoms with van der Waals surface area (Å²) < 4.78 is 38.6. The molecule has 1 aromatic carbocycles. The maximum absolute atomic E-state index is 12.9. The van der Waals surface area contributed by atoms with E-state index < -0.39 is 12.6 Å². The third-order valence-corrected chi connectivity index (χ3v) is 8.10. The van der Waals surface area contributed by atoms with Crippen molar-refractivity contribution >= 4 is 33.3 Å². The third kappa shape index (κ3) is 4.43. The molecule has 3 aromatic heterocycles. The van der Waals surface area contributed by atoms with Gasteiger partial charge in [-0.3, -0.25) is 9.89 Å². The van der Waals surface area contributed by atoms with Crippen LogP contribution in [0.15, 0.2) is 48.9 Å². The number of nitrogens with one attached hydrogen (secondary N) is 2. The number of H-pyrrole nitrogens is 1. The second-order valence-corrected chi connectivity index (χ2v) is 10.9. The molecule has 36 heavy (non-hydrogen) atoms. The number of hydrogen-bond acceptors (Lipinski definition) is 6. The molecule has 7 nitrogen and oxygen atoms in total. The van der Waals surface area contributed by atoms with Crippen LogP contribution < -0.4 is 10.2 Å². The highest BCUT2D eigenvalue weighted by Crippen LogP contribution is 2.48. The van der Waals surface area contributed by atoms with E-state index in [4.69, 9.17) is 0 Å². The normalized spacial score (nSPS) is 19.1. The molecule has 0 bridgehead atoms. The molecule has 1 amide bonds. The largest absolute Gasteiger partial charge is 0.393 e. The highest BCUT2D eigenvalue weighted by molar-refractivity contribution is 7.18. The highest BCUT2D eigenvalue weighted by atomic mass is 32.1. The summed E-state index contributed by atoms with van der Waals surface area (Å²) in [5.41, 5.74) is 2.45. The van der Waals surface area contributed by atoms with Gasteiger partial charge >= 0.3 is 6.18 Å². The van der Waals surface area contributed by atoms with Gasteiger partial charge in [-0.05, 0) is 43.5 Å². The lowest BCUT2D eigenvalue weighted by Crippen LogP contribution is -2.56. The maximum atomic E-state index is 12.9. The number of aromatic amines is 1. The van der Waals surface area contributed by atoms with Crippen molar-refractivity contribution < 1.29 is 18.0 Å². The van der Waals surface area contributed by atoms with Crippen LogP contribution in [0.1, 0.15) is 34.5 Å². The van der Waals surface area contributed by atoms with Crippen LogP contribution in [0.5, 0.6) is 0 Å². The van der Waals surface area contributed by atoms with Crippen molar-refractivity contribution in [2.75, 3.05) is 18.0 Å². The number of nitrogens with zero attached hydrogens (tertiary/aromatic N) is 4. The molecular formula is C25H23F3N6OS. The van der Waals surface area contributed by atoms with Crippen LogP contribution in [0.2, 0.25) is 0 Å². The molecule has 6 rings (SSSR count). The van der Waals surface area contributed by atoms with E-state index in [0.717, 1.165) is 54.9 Å². The van der Waals surface area contributed by atoms with E-state index in [1.54, 1.807) is 18.3 Å². The first-order valence-corrected chi connectivity index (χ1v) is 12.5. The number of amides is 1. The molecule has 186 valence electrons. The molecule has 1 aliphatic heterocycles. The molecule has 1 saturated heterocycles. The fourth-order valence-corrected chi connectivity index (χ4v) is 6.49. The Balaban J connectivity index is 1.10. The molecule has 11 heteroatoms. The van der Waals surface area contributed by atoms with Crippen molar-refractivity contribution in [2.24, 2.45) is 5.41 Å². The molecule has 1 saturated carbocycles. The van der Waals surface area contributed by atoms with Crippen molar-refractivity contribution in [3.8, 4) is 11.3 Å². The average molecular weight is 513 g/mol. The molecule has 1 aliphatic carbocycles. The Morgan fingerprint density at radius 1 is 1.22 bits per heavy atom. The van der Waals surface area contributed by atoms with E-state index in [1.807, 2.05) is 24.3 Å². The summed E-state index contributed by atoms with van der Waals surface area (Å²) in [7, 11) is 0. The van der Waals surface area contributed by atoms with Crippen molar-refractivity contribution in [3.63, 3.8) is 0 Å². The summed E-state index contributed by atoms with van der Waals surface area (Å²) in [6.45, 7) is 1.54. The van der Waals surface area contributed by atoms with E-state index in [2.05, 4.69) is 30.4 Å². The summed E-state index contributed by atoms with van der Waals surface area (Å²) in [6, 6.07) is 11.0. The number of rotatable bonds is 5. The van der Waals surface area contributed by atoms with Gasteiger partial charge in [0.25, 0.3) is 5.91 Å². The number of carbonyl (C=O) groups is 1. The smallest absolute Gasteiger partial charge is 0.355 e. The standard InChI is InChI=1S/C25H23F3N6OS/c26-25(27,28)11-18-9-19-21(29-14-30-23(19)36-18)34-12-24(13-34)6-4-17(10-24)32-22(35)16-3-1-2-15(8-16)20-5-7-31-33-20/h1-3,5,7-9,14,17H,4,6,10-13H2,(H,31,33)(H,32,35). The summed E-state index contributed by atoms with van der Waals surface area (Å²) in [6.07, 6.45) is 0.641. The quantitative estimate of drug-likeness (QED) is 0.394. The fourth-order valence-electron chi connectivity index (χ4n) is 5.47. The Morgan fingerprint density at radius 2 is 2.08 bits per heavy atom. The number of hydrogen-bond donors (Lipinski definition) is 2.